The molecule has 7 heteroatoms. The molecule has 4 rings (SSSR count). The van der Waals surface area contributed by atoms with E-state index in [2.05, 4.69) is 10.6 Å². The molecule has 0 unspecified atom stereocenters. The number of fused-ring (bicyclic) bond motifs is 1. The van der Waals surface area contributed by atoms with E-state index in [-0.39, 0.29) is 30.3 Å². The number of anilines is 2. The maximum absolute atomic E-state index is 12.5. The van der Waals surface area contributed by atoms with Crippen LogP contribution in [0.1, 0.15) is 32.1 Å². The van der Waals surface area contributed by atoms with Gasteiger partial charge in [0.2, 0.25) is 5.91 Å². The Morgan fingerprint density at radius 2 is 1.69 bits per heavy atom. The van der Waals surface area contributed by atoms with Crippen molar-refractivity contribution in [2.75, 3.05) is 23.7 Å². The molecule has 0 spiro atoms. The molecule has 3 N–H and O–H groups in total. The first-order valence-corrected chi connectivity index (χ1v) is 9.18. The molecule has 3 aliphatic rings. The smallest absolute Gasteiger partial charge is 0.321 e. The molecule has 26 heavy (non-hydrogen) atoms. The number of hydrogen-bond acceptors (Lipinski definition) is 3. The molecule has 3 fully saturated rings. The lowest BCUT2D eigenvalue weighted by Gasteiger charge is -2.23. The first-order valence-electron chi connectivity index (χ1n) is 9.18. The minimum absolute atomic E-state index is 0.0457. The van der Waals surface area contributed by atoms with Crippen molar-refractivity contribution >= 4 is 29.3 Å². The van der Waals surface area contributed by atoms with Gasteiger partial charge in [-0.25, -0.2) is 4.79 Å². The normalized spacial score (nSPS) is 27.1. The molecular formula is C19H23N3O4. The maximum Gasteiger partial charge on any atom is 0.321 e. The van der Waals surface area contributed by atoms with Crippen LogP contribution in [0.4, 0.5) is 16.2 Å². The Labute approximate surface area is 151 Å². The molecular weight excluding hydrogens is 334 g/mol. The molecule has 1 aromatic rings. The van der Waals surface area contributed by atoms with E-state index in [1.165, 1.54) is 0 Å². The summed E-state index contributed by atoms with van der Waals surface area (Å²) in [5.41, 5.74) is 0.565. The summed E-state index contributed by atoms with van der Waals surface area (Å²) in [4.78, 5) is 37.6. The first-order chi connectivity index (χ1) is 12.5. The van der Waals surface area contributed by atoms with Crippen LogP contribution in [-0.4, -0.2) is 41.0 Å². The molecule has 1 aliphatic heterocycles. The molecule has 1 aromatic carbocycles. The second kappa shape index (κ2) is 6.30. The number of carbonyl (C=O) groups is 3. The highest BCUT2D eigenvalue weighted by atomic mass is 16.4. The van der Waals surface area contributed by atoms with Gasteiger partial charge in [-0.2, -0.15) is 0 Å². The Bertz CT molecular complexity index is 744. The summed E-state index contributed by atoms with van der Waals surface area (Å²) in [7, 11) is 0. The topological polar surface area (TPSA) is 98.7 Å². The predicted molar refractivity (Wildman–Crippen MR) is 95.8 cm³/mol. The van der Waals surface area contributed by atoms with Gasteiger partial charge in [0, 0.05) is 30.4 Å². The standard InChI is InChI=1S/C19H23N3O4/c23-16(12-3-4-12)20-14-5-7-15(8-6-14)21-18(26)22-10-13-2-1-9-19(13,11-22)17(24)25/h5-8,12-13H,1-4,9-11H2,(H,20,23)(H,21,26)(H,24,25)/t13-,19+/m0/s1. The minimum Gasteiger partial charge on any atom is -0.481 e. The van der Waals surface area contributed by atoms with Crippen molar-refractivity contribution in [2.45, 2.75) is 32.1 Å². The Hall–Kier alpha value is -2.57. The van der Waals surface area contributed by atoms with Gasteiger partial charge >= 0.3 is 12.0 Å². The summed E-state index contributed by atoms with van der Waals surface area (Å²) < 4.78 is 0. The molecule has 7 nitrogen and oxygen atoms in total. The largest absolute Gasteiger partial charge is 0.481 e. The fraction of sp³-hybridized carbons (Fsp3) is 0.526. The van der Waals surface area contributed by atoms with E-state index in [0.717, 1.165) is 25.7 Å². The number of likely N-dealkylation sites (tertiary alicyclic amines) is 1. The van der Waals surface area contributed by atoms with Crippen LogP contribution in [0.3, 0.4) is 0 Å². The van der Waals surface area contributed by atoms with Gasteiger partial charge in [-0.3, -0.25) is 9.59 Å². The SMILES string of the molecule is O=C(Nc1ccc(NC(=O)N2C[C@@H]3CCC[C@@]3(C(=O)O)C2)cc1)C1CC1. The maximum atomic E-state index is 12.5. The van der Waals surface area contributed by atoms with Gasteiger partial charge in [-0.05, 0) is 55.9 Å². The lowest BCUT2D eigenvalue weighted by atomic mass is 9.81. The molecule has 138 valence electrons. The number of amides is 3. The number of nitrogens with zero attached hydrogens (tertiary/aromatic N) is 1. The molecule has 2 atom stereocenters. The van der Waals surface area contributed by atoms with Crippen LogP contribution in [0, 0.1) is 17.3 Å². The molecule has 0 aromatic heterocycles. The van der Waals surface area contributed by atoms with Crippen molar-refractivity contribution in [2.24, 2.45) is 17.3 Å². The van der Waals surface area contributed by atoms with Crippen LogP contribution in [0.25, 0.3) is 0 Å². The van der Waals surface area contributed by atoms with E-state index < -0.39 is 11.4 Å². The van der Waals surface area contributed by atoms with Crippen LogP contribution in [0.15, 0.2) is 24.3 Å². The number of nitrogens with one attached hydrogen (secondary N) is 2. The summed E-state index contributed by atoms with van der Waals surface area (Å²) in [5, 5.41) is 15.3. The number of urea groups is 1. The second-order valence-corrected chi connectivity index (χ2v) is 7.70. The van der Waals surface area contributed by atoms with Crippen LogP contribution >= 0.6 is 0 Å². The third-order valence-corrected chi connectivity index (χ3v) is 5.94. The Morgan fingerprint density at radius 1 is 1.04 bits per heavy atom. The number of benzene rings is 1. The molecule has 3 amide bonds. The summed E-state index contributed by atoms with van der Waals surface area (Å²) in [6.07, 6.45) is 4.33. The molecule has 1 heterocycles. The zero-order valence-corrected chi connectivity index (χ0v) is 14.5. The van der Waals surface area contributed by atoms with Gasteiger partial charge in [0.1, 0.15) is 0 Å². The van der Waals surface area contributed by atoms with Gasteiger partial charge in [0.25, 0.3) is 0 Å². The number of aliphatic carboxylic acids is 1. The van der Waals surface area contributed by atoms with Crippen LogP contribution in [0.2, 0.25) is 0 Å². The predicted octanol–water partition coefficient (Wildman–Crippen LogP) is 2.75. The van der Waals surface area contributed by atoms with Gasteiger partial charge in [-0.15, -0.1) is 0 Å². The van der Waals surface area contributed by atoms with Gasteiger partial charge in [0.05, 0.1) is 5.41 Å². The summed E-state index contributed by atoms with van der Waals surface area (Å²) in [6.45, 7) is 0.766. The monoisotopic (exact) mass is 357 g/mol. The van der Waals surface area contributed by atoms with E-state index in [1.807, 2.05) is 0 Å². The van der Waals surface area contributed by atoms with Gasteiger partial charge in [0.15, 0.2) is 0 Å². The fourth-order valence-electron chi connectivity index (χ4n) is 4.22. The highest BCUT2D eigenvalue weighted by Gasteiger charge is 2.55. The number of carboxylic acids is 1. The molecule has 0 radical (unpaired) electrons. The van der Waals surface area contributed by atoms with E-state index in [1.54, 1.807) is 29.2 Å². The van der Waals surface area contributed by atoms with E-state index in [0.29, 0.717) is 24.3 Å². The quantitative estimate of drug-likeness (QED) is 0.771. The van der Waals surface area contributed by atoms with Crippen molar-refractivity contribution in [1.82, 2.24) is 4.90 Å². The van der Waals surface area contributed by atoms with E-state index >= 15 is 0 Å². The average Bonchev–Trinajstić information content (AvgIpc) is 3.27. The Kier molecular flexibility index (Phi) is 4.09. The van der Waals surface area contributed by atoms with E-state index in [4.69, 9.17) is 0 Å². The lowest BCUT2D eigenvalue weighted by Crippen LogP contribution is -2.38. The van der Waals surface area contributed by atoms with Crippen molar-refractivity contribution in [3.63, 3.8) is 0 Å². The molecule has 2 saturated carbocycles. The van der Waals surface area contributed by atoms with E-state index in [9.17, 15) is 19.5 Å². The third-order valence-electron chi connectivity index (χ3n) is 5.94. The first kappa shape index (κ1) is 16.9. The molecule has 0 bridgehead atoms. The number of hydrogen-bond donors (Lipinski definition) is 3. The zero-order valence-electron chi connectivity index (χ0n) is 14.5. The van der Waals surface area contributed by atoms with Crippen LogP contribution < -0.4 is 10.6 Å². The summed E-state index contributed by atoms with van der Waals surface area (Å²) >= 11 is 0. The van der Waals surface area contributed by atoms with Crippen molar-refractivity contribution in [3.05, 3.63) is 24.3 Å². The summed E-state index contributed by atoms with van der Waals surface area (Å²) in [6, 6.07) is 6.73. The highest BCUT2D eigenvalue weighted by molar-refractivity contribution is 5.95. The molecule has 1 saturated heterocycles. The van der Waals surface area contributed by atoms with Crippen LogP contribution in [0.5, 0.6) is 0 Å². The number of carboxylic acid groups (broad SMARTS) is 1. The Balaban J connectivity index is 1.36. The zero-order chi connectivity index (χ0) is 18.3. The van der Waals surface area contributed by atoms with Gasteiger partial charge in [-0.1, -0.05) is 6.42 Å². The van der Waals surface area contributed by atoms with Crippen molar-refractivity contribution in [1.29, 1.82) is 0 Å². The summed E-state index contributed by atoms with van der Waals surface area (Å²) in [5.74, 6) is -0.549. The van der Waals surface area contributed by atoms with Crippen molar-refractivity contribution in [3.8, 4) is 0 Å². The second-order valence-electron chi connectivity index (χ2n) is 7.70. The van der Waals surface area contributed by atoms with Gasteiger partial charge < -0.3 is 20.6 Å². The number of carbonyl (C=O) groups excluding carboxylic acids is 2. The highest BCUT2D eigenvalue weighted by Crippen LogP contribution is 2.48. The van der Waals surface area contributed by atoms with Crippen molar-refractivity contribution < 1.29 is 19.5 Å². The number of rotatable bonds is 4. The van der Waals surface area contributed by atoms with Crippen LogP contribution in [-0.2, 0) is 9.59 Å². The lowest BCUT2D eigenvalue weighted by molar-refractivity contribution is -0.149. The average molecular weight is 357 g/mol. The molecule has 2 aliphatic carbocycles. The minimum atomic E-state index is -0.786. The fourth-order valence-corrected chi connectivity index (χ4v) is 4.22. The Morgan fingerprint density at radius 3 is 2.27 bits per heavy atom. The third kappa shape index (κ3) is 3.02.